The van der Waals surface area contributed by atoms with Crippen molar-refractivity contribution in [3.05, 3.63) is 63.2 Å². The maximum absolute atomic E-state index is 12.6. The minimum atomic E-state index is -0.605. The number of hydrogen-bond donors (Lipinski definition) is 0. The van der Waals surface area contributed by atoms with Gasteiger partial charge >= 0.3 is 0 Å². The van der Waals surface area contributed by atoms with Crippen LogP contribution < -0.4 is 9.47 Å². The molecule has 25 heavy (non-hydrogen) atoms. The Morgan fingerprint density at radius 1 is 1.00 bits per heavy atom. The first-order chi connectivity index (χ1) is 12.0. The molecule has 8 heteroatoms. The summed E-state index contributed by atoms with van der Waals surface area (Å²) in [6.45, 7) is -0.0273. The topological polar surface area (TPSA) is 99.0 Å². The van der Waals surface area contributed by atoms with Crippen molar-refractivity contribution in [2.24, 2.45) is 0 Å². The van der Waals surface area contributed by atoms with Crippen LogP contribution in [-0.4, -0.2) is 35.9 Å². The number of nitrogens with zero attached hydrogens (tertiary/aromatic N) is 2. The van der Waals surface area contributed by atoms with Crippen LogP contribution in [0, 0.1) is 10.1 Å². The van der Waals surface area contributed by atoms with Gasteiger partial charge in [-0.2, -0.15) is 0 Å². The maximum atomic E-state index is 12.6. The highest BCUT2D eigenvalue weighted by Crippen LogP contribution is 2.31. The second-order valence-electron chi connectivity index (χ2n) is 5.36. The lowest BCUT2D eigenvalue weighted by Gasteiger charge is -2.17. The summed E-state index contributed by atoms with van der Waals surface area (Å²) in [7, 11) is 2.99. The van der Waals surface area contributed by atoms with Gasteiger partial charge in [0, 0.05) is 17.7 Å². The van der Waals surface area contributed by atoms with E-state index in [4.69, 9.17) is 9.47 Å². The molecule has 1 aliphatic rings. The molecule has 0 aromatic heterocycles. The van der Waals surface area contributed by atoms with Crippen LogP contribution >= 0.6 is 0 Å². The Balaban J connectivity index is 1.96. The van der Waals surface area contributed by atoms with E-state index in [1.54, 1.807) is 18.2 Å². The molecule has 0 atom stereocenters. The summed E-state index contributed by atoms with van der Waals surface area (Å²) in [6.07, 6.45) is 0. The van der Waals surface area contributed by atoms with Gasteiger partial charge in [-0.25, -0.2) is 0 Å². The van der Waals surface area contributed by atoms with E-state index in [0.717, 1.165) is 11.0 Å². The van der Waals surface area contributed by atoms with E-state index in [9.17, 15) is 19.7 Å². The third-order valence-electron chi connectivity index (χ3n) is 3.98. The Morgan fingerprint density at radius 3 is 2.36 bits per heavy atom. The lowest BCUT2D eigenvalue weighted by Crippen LogP contribution is -2.29. The average molecular weight is 342 g/mol. The standard InChI is InChI=1S/C17H14N2O6/c1-24-12-4-6-15(25-2)10(7-12)9-18-16(20)13-5-3-11(19(22)23)8-14(13)17(18)21/h3-8H,9H2,1-2H3. The van der Waals surface area contributed by atoms with E-state index in [-0.39, 0.29) is 23.4 Å². The first kappa shape index (κ1) is 16.4. The number of hydrogen-bond acceptors (Lipinski definition) is 6. The molecule has 2 aromatic rings. The molecule has 0 bridgehead atoms. The minimum absolute atomic E-state index is 0.0273. The SMILES string of the molecule is COc1ccc(OC)c(CN2C(=O)c3ccc([N+](=O)[O-])cc3C2=O)c1. The monoisotopic (exact) mass is 342 g/mol. The molecule has 3 rings (SSSR count). The van der Waals surface area contributed by atoms with E-state index in [0.29, 0.717) is 17.1 Å². The zero-order chi connectivity index (χ0) is 18.1. The fourth-order valence-electron chi connectivity index (χ4n) is 2.71. The Labute approximate surface area is 142 Å². The van der Waals surface area contributed by atoms with Gasteiger partial charge in [-0.1, -0.05) is 0 Å². The summed E-state index contributed by atoms with van der Waals surface area (Å²) < 4.78 is 10.4. The number of non-ortho nitro benzene ring substituents is 1. The van der Waals surface area contributed by atoms with Crippen molar-refractivity contribution in [2.45, 2.75) is 6.54 Å². The number of rotatable bonds is 5. The Kier molecular flexibility index (Phi) is 4.10. The van der Waals surface area contributed by atoms with Gasteiger partial charge in [-0.3, -0.25) is 24.6 Å². The maximum Gasteiger partial charge on any atom is 0.270 e. The van der Waals surface area contributed by atoms with E-state index >= 15 is 0 Å². The van der Waals surface area contributed by atoms with Crippen molar-refractivity contribution in [1.29, 1.82) is 0 Å². The fraction of sp³-hybridized carbons (Fsp3) is 0.176. The summed E-state index contributed by atoms with van der Waals surface area (Å²) in [5, 5.41) is 10.9. The lowest BCUT2D eigenvalue weighted by molar-refractivity contribution is -0.384. The Hall–Kier alpha value is -3.42. The van der Waals surface area contributed by atoms with E-state index in [1.807, 2.05) is 0 Å². The third kappa shape index (κ3) is 2.78. The van der Waals surface area contributed by atoms with Crippen LogP contribution in [0.5, 0.6) is 11.5 Å². The van der Waals surface area contributed by atoms with Crippen LogP contribution in [0.25, 0.3) is 0 Å². The molecule has 0 saturated heterocycles. The Morgan fingerprint density at radius 2 is 1.72 bits per heavy atom. The van der Waals surface area contributed by atoms with Crippen molar-refractivity contribution >= 4 is 17.5 Å². The van der Waals surface area contributed by atoms with Gasteiger partial charge in [0.25, 0.3) is 17.5 Å². The number of nitro benzene ring substituents is 1. The predicted octanol–water partition coefficient (Wildman–Crippen LogP) is 2.41. The molecule has 0 radical (unpaired) electrons. The average Bonchev–Trinajstić information content (AvgIpc) is 2.86. The number of imide groups is 1. The van der Waals surface area contributed by atoms with Crippen molar-refractivity contribution in [2.75, 3.05) is 14.2 Å². The number of amides is 2. The van der Waals surface area contributed by atoms with Gasteiger partial charge in [0.15, 0.2) is 0 Å². The quantitative estimate of drug-likeness (QED) is 0.470. The molecule has 8 nitrogen and oxygen atoms in total. The molecule has 0 aliphatic carbocycles. The van der Waals surface area contributed by atoms with Crippen LogP contribution in [0.2, 0.25) is 0 Å². The molecular weight excluding hydrogens is 328 g/mol. The highest BCUT2D eigenvalue weighted by atomic mass is 16.6. The second-order valence-corrected chi connectivity index (χ2v) is 5.36. The highest BCUT2D eigenvalue weighted by Gasteiger charge is 2.37. The highest BCUT2D eigenvalue weighted by molar-refractivity contribution is 6.21. The first-order valence-electron chi connectivity index (χ1n) is 7.31. The number of carbonyl (C=O) groups excluding carboxylic acids is 2. The number of carbonyl (C=O) groups is 2. The molecule has 0 spiro atoms. The summed E-state index contributed by atoms with van der Waals surface area (Å²) in [6, 6.07) is 8.69. The molecule has 2 amide bonds. The van der Waals surface area contributed by atoms with Crippen molar-refractivity contribution < 1.29 is 24.0 Å². The van der Waals surface area contributed by atoms with Crippen LogP contribution in [0.15, 0.2) is 36.4 Å². The van der Waals surface area contributed by atoms with Crippen molar-refractivity contribution in [1.82, 2.24) is 4.90 Å². The molecule has 1 heterocycles. The molecule has 0 saturated carbocycles. The largest absolute Gasteiger partial charge is 0.497 e. The molecule has 0 fully saturated rings. The molecule has 1 aliphatic heterocycles. The predicted molar refractivity (Wildman–Crippen MR) is 86.8 cm³/mol. The zero-order valence-electron chi connectivity index (χ0n) is 13.5. The fourth-order valence-corrected chi connectivity index (χ4v) is 2.71. The van der Waals surface area contributed by atoms with Gasteiger partial charge in [0.2, 0.25) is 0 Å². The van der Waals surface area contributed by atoms with E-state index in [2.05, 4.69) is 0 Å². The molecule has 128 valence electrons. The first-order valence-corrected chi connectivity index (χ1v) is 7.31. The smallest absolute Gasteiger partial charge is 0.270 e. The number of benzene rings is 2. The van der Waals surface area contributed by atoms with Gasteiger partial charge < -0.3 is 9.47 Å². The summed E-state index contributed by atoms with van der Waals surface area (Å²) in [5.74, 6) is -0.0141. The van der Waals surface area contributed by atoms with Crippen molar-refractivity contribution in [3.63, 3.8) is 0 Å². The van der Waals surface area contributed by atoms with Crippen LogP contribution in [-0.2, 0) is 6.54 Å². The molecule has 2 aromatic carbocycles. The lowest BCUT2D eigenvalue weighted by atomic mass is 10.1. The molecule has 0 unspecified atom stereocenters. The van der Waals surface area contributed by atoms with Crippen LogP contribution in [0.3, 0.4) is 0 Å². The summed E-state index contributed by atoms with van der Waals surface area (Å²) in [5.41, 5.74) is 0.532. The second kappa shape index (κ2) is 6.23. The van der Waals surface area contributed by atoms with Gasteiger partial charge in [-0.05, 0) is 24.3 Å². The molecular formula is C17H14N2O6. The van der Waals surface area contributed by atoms with Crippen molar-refractivity contribution in [3.8, 4) is 11.5 Å². The zero-order valence-corrected chi connectivity index (χ0v) is 13.5. The van der Waals surface area contributed by atoms with Gasteiger partial charge in [0.1, 0.15) is 11.5 Å². The number of nitro groups is 1. The number of ether oxygens (including phenoxy) is 2. The normalized spacial score (nSPS) is 13.0. The summed E-state index contributed by atoms with van der Waals surface area (Å²) in [4.78, 5) is 36.4. The van der Waals surface area contributed by atoms with Crippen LogP contribution in [0.4, 0.5) is 5.69 Å². The van der Waals surface area contributed by atoms with E-state index < -0.39 is 16.7 Å². The Bertz CT molecular complexity index is 893. The molecule has 0 N–H and O–H groups in total. The minimum Gasteiger partial charge on any atom is -0.497 e. The van der Waals surface area contributed by atoms with Gasteiger partial charge in [0.05, 0.1) is 36.8 Å². The third-order valence-corrected chi connectivity index (χ3v) is 3.98. The van der Waals surface area contributed by atoms with Crippen LogP contribution in [0.1, 0.15) is 26.3 Å². The number of fused-ring (bicyclic) bond motifs is 1. The van der Waals surface area contributed by atoms with E-state index in [1.165, 1.54) is 26.4 Å². The summed E-state index contributed by atoms with van der Waals surface area (Å²) >= 11 is 0. The number of methoxy groups -OCH3 is 2. The van der Waals surface area contributed by atoms with Gasteiger partial charge in [-0.15, -0.1) is 0 Å².